The van der Waals surface area contributed by atoms with Crippen LogP contribution in [-0.4, -0.2) is 43.1 Å². The van der Waals surface area contributed by atoms with E-state index < -0.39 is 47.5 Å². The molecule has 2 fully saturated rings. The van der Waals surface area contributed by atoms with Crippen molar-refractivity contribution in [3.05, 3.63) is 71.3 Å². The van der Waals surface area contributed by atoms with Gasteiger partial charge in [-0.15, -0.1) is 0 Å². The van der Waals surface area contributed by atoms with Crippen molar-refractivity contribution < 1.29 is 42.9 Å². The molecule has 0 aromatic heterocycles. The minimum absolute atomic E-state index is 0.0504. The lowest BCUT2D eigenvalue weighted by Gasteiger charge is -2.33. The summed E-state index contributed by atoms with van der Waals surface area (Å²) in [6.45, 7) is 0.797. The van der Waals surface area contributed by atoms with Crippen LogP contribution in [0.4, 0.5) is 0 Å². The Bertz CT molecular complexity index is 1330. The lowest BCUT2D eigenvalue weighted by Crippen LogP contribution is -2.31. The quantitative estimate of drug-likeness (QED) is 0.134. The molecule has 9 nitrogen and oxygen atoms in total. The summed E-state index contributed by atoms with van der Waals surface area (Å²) in [6, 6.07) is 14.9. The number of carbonyl (C=O) groups excluding carboxylic acids is 5. The number of esters is 5. The summed E-state index contributed by atoms with van der Waals surface area (Å²) >= 11 is 0. The second-order valence-electron chi connectivity index (χ2n) is 10.2. The predicted octanol–water partition coefficient (Wildman–Crippen LogP) is 4.24. The number of unbranched alkanes of at least 4 members (excludes halogenated alkanes) is 3. The van der Waals surface area contributed by atoms with E-state index >= 15 is 0 Å². The lowest BCUT2D eigenvalue weighted by atomic mass is 9.67. The first kappa shape index (κ1) is 27.3. The van der Waals surface area contributed by atoms with E-state index in [9.17, 15) is 24.0 Å². The average molecular weight is 547 g/mol. The third kappa shape index (κ3) is 6.14. The number of fused-ring (bicyclic) bond motifs is 3. The molecule has 2 aliphatic heterocycles. The lowest BCUT2D eigenvalue weighted by molar-refractivity contribution is -0.155. The predicted molar refractivity (Wildman–Crippen MR) is 141 cm³/mol. The monoisotopic (exact) mass is 546 g/mol. The van der Waals surface area contributed by atoms with Crippen molar-refractivity contribution in [1.82, 2.24) is 0 Å². The molecule has 2 aromatic carbocycles. The fraction of sp³-hybridized carbons (Fsp3) is 0.387. The van der Waals surface area contributed by atoms with Gasteiger partial charge in [-0.05, 0) is 72.9 Å². The van der Waals surface area contributed by atoms with Gasteiger partial charge in [0.15, 0.2) is 0 Å². The van der Waals surface area contributed by atoms with Crippen molar-refractivity contribution in [2.24, 2.45) is 11.8 Å². The topological polar surface area (TPSA) is 122 Å². The zero-order valence-electron chi connectivity index (χ0n) is 21.9. The Morgan fingerprint density at radius 1 is 0.800 bits per heavy atom. The number of cyclic esters (lactones) is 4. The van der Waals surface area contributed by atoms with Crippen LogP contribution in [0, 0.1) is 11.8 Å². The highest BCUT2D eigenvalue weighted by Gasteiger charge is 2.53. The van der Waals surface area contributed by atoms with Crippen LogP contribution in [0.5, 0.6) is 5.75 Å². The van der Waals surface area contributed by atoms with Gasteiger partial charge in [0, 0.05) is 6.08 Å². The van der Waals surface area contributed by atoms with Gasteiger partial charge in [-0.1, -0.05) is 36.4 Å². The van der Waals surface area contributed by atoms with Crippen LogP contribution in [0.3, 0.4) is 0 Å². The standard InChI is InChI=1S/C31H30O9/c32-26(13-10-19-8-4-3-5-9-19)38-15-7-2-1-6-14-37-20-11-12-21-22(24-18-27(33)39-29(24)34)17-25-28(23(21)16-20)31(36)40-30(25)35/h3-5,8-13,16,22,24-25,28H,1-2,6-7,14-15,17-18H2. The Morgan fingerprint density at radius 2 is 1.55 bits per heavy atom. The van der Waals surface area contributed by atoms with Crippen molar-refractivity contribution in [1.29, 1.82) is 0 Å². The van der Waals surface area contributed by atoms with Gasteiger partial charge in [-0.2, -0.15) is 0 Å². The van der Waals surface area contributed by atoms with Crippen LogP contribution in [0.2, 0.25) is 0 Å². The molecule has 4 unspecified atom stereocenters. The van der Waals surface area contributed by atoms with Gasteiger partial charge >= 0.3 is 29.8 Å². The maximum atomic E-state index is 12.5. The molecule has 2 heterocycles. The Labute approximate surface area is 231 Å². The zero-order valence-corrected chi connectivity index (χ0v) is 21.9. The zero-order chi connectivity index (χ0) is 28.1. The highest BCUT2D eigenvalue weighted by molar-refractivity contribution is 6.01. The molecule has 208 valence electrons. The van der Waals surface area contributed by atoms with E-state index in [1.807, 2.05) is 30.3 Å². The molecule has 0 amide bonds. The minimum Gasteiger partial charge on any atom is -0.494 e. The van der Waals surface area contributed by atoms with Crippen molar-refractivity contribution in [3.63, 3.8) is 0 Å². The second-order valence-corrected chi connectivity index (χ2v) is 10.2. The number of hydrogen-bond donors (Lipinski definition) is 0. The van der Waals surface area contributed by atoms with Crippen LogP contribution in [0.15, 0.2) is 54.6 Å². The maximum Gasteiger partial charge on any atom is 0.330 e. The van der Waals surface area contributed by atoms with E-state index in [1.54, 1.807) is 24.3 Å². The summed E-state index contributed by atoms with van der Waals surface area (Å²) in [5.41, 5.74) is 2.28. The highest BCUT2D eigenvalue weighted by Crippen LogP contribution is 2.51. The summed E-state index contributed by atoms with van der Waals surface area (Å²) in [5.74, 6) is -4.78. The molecule has 5 rings (SSSR count). The van der Waals surface area contributed by atoms with Gasteiger partial charge in [-0.25, -0.2) is 4.79 Å². The third-order valence-corrected chi connectivity index (χ3v) is 7.61. The fourth-order valence-corrected chi connectivity index (χ4v) is 5.64. The SMILES string of the molecule is O=C(C=Cc1ccccc1)OCCCCCCOc1ccc2c(c1)C1C(=O)OC(=O)C1CC2C1CC(=O)OC1=O. The van der Waals surface area contributed by atoms with Gasteiger partial charge in [0.2, 0.25) is 0 Å². The van der Waals surface area contributed by atoms with Crippen LogP contribution < -0.4 is 4.74 Å². The van der Waals surface area contributed by atoms with Gasteiger partial charge < -0.3 is 18.9 Å². The van der Waals surface area contributed by atoms with E-state index in [4.69, 9.17) is 18.9 Å². The first-order valence-electron chi connectivity index (χ1n) is 13.6. The Morgan fingerprint density at radius 3 is 2.30 bits per heavy atom. The molecule has 3 aliphatic rings. The molecular formula is C31H30O9. The molecule has 2 aromatic rings. The van der Waals surface area contributed by atoms with Crippen LogP contribution in [0.25, 0.3) is 6.08 Å². The van der Waals surface area contributed by atoms with Crippen molar-refractivity contribution in [3.8, 4) is 5.75 Å². The first-order valence-corrected chi connectivity index (χ1v) is 13.6. The highest BCUT2D eigenvalue weighted by atomic mass is 16.6. The van der Waals surface area contributed by atoms with Crippen LogP contribution in [-0.2, 0) is 38.2 Å². The normalized spacial score (nSPS) is 23.5. The number of carbonyl (C=O) groups is 5. The molecule has 0 bridgehead atoms. The summed E-state index contributed by atoms with van der Waals surface area (Å²) in [4.78, 5) is 60.7. The van der Waals surface area contributed by atoms with Gasteiger partial charge in [-0.3, -0.25) is 19.2 Å². The molecule has 1 aliphatic carbocycles. The largest absolute Gasteiger partial charge is 0.494 e. The van der Waals surface area contributed by atoms with Crippen molar-refractivity contribution >= 4 is 35.9 Å². The molecule has 0 N–H and O–H groups in total. The van der Waals surface area contributed by atoms with Gasteiger partial charge in [0.05, 0.1) is 37.4 Å². The molecule has 9 heteroatoms. The second kappa shape index (κ2) is 12.3. The van der Waals surface area contributed by atoms with Crippen LogP contribution in [0.1, 0.15) is 67.1 Å². The molecule has 0 spiro atoms. The van der Waals surface area contributed by atoms with Crippen molar-refractivity contribution in [2.45, 2.75) is 50.4 Å². The molecular weight excluding hydrogens is 516 g/mol. The number of rotatable bonds is 11. The number of hydrogen-bond acceptors (Lipinski definition) is 9. The van der Waals surface area contributed by atoms with E-state index in [0.29, 0.717) is 24.5 Å². The number of ether oxygens (including phenoxy) is 4. The number of benzene rings is 2. The third-order valence-electron chi connectivity index (χ3n) is 7.61. The Kier molecular flexibility index (Phi) is 8.38. The van der Waals surface area contributed by atoms with E-state index in [2.05, 4.69) is 0 Å². The van der Waals surface area contributed by atoms with Crippen molar-refractivity contribution in [2.75, 3.05) is 13.2 Å². The van der Waals surface area contributed by atoms with E-state index in [-0.39, 0.29) is 18.8 Å². The minimum atomic E-state index is -0.749. The van der Waals surface area contributed by atoms with E-state index in [1.165, 1.54) is 6.08 Å². The Hall–Kier alpha value is -4.27. The Balaban J connectivity index is 1.10. The summed E-state index contributed by atoms with van der Waals surface area (Å²) < 4.78 is 20.8. The fourth-order valence-electron chi connectivity index (χ4n) is 5.64. The van der Waals surface area contributed by atoms with Gasteiger partial charge in [0.1, 0.15) is 5.75 Å². The molecule has 40 heavy (non-hydrogen) atoms. The first-order chi connectivity index (χ1) is 19.4. The summed E-state index contributed by atoms with van der Waals surface area (Å²) in [7, 11) is 0. The van der Waals surface area contributed by atoms with Crippen LogP contribution >= 0.6 is 0 Å². The smallest absolute Gasteiger partial charge is 0.330 e. The summed E-state index contributed by atoms with van der Waals surface area (Å²) in [5, 5.41) is 0. The molecule has 4 atom stereocenters. The van der Waals surface area contributed by atoms with E-state index in [0.717, 1.165) is 36.8 Å². The molecule has 2 saturated heterocycles. The molecule has 0 saturated carbocycles. The average Bonchev–Trinajstić information content (AvgIpc) is 3.44. The summed E-state index contributed by atoms with van der Waals surface area (Å²) in [6.07, 6.45) is 6.62. The maximum absolute atomic E-state index is 12.5. The molecule has 0 radical (unpaired) electrons. The van der Waals surface area contributed by atoms with Gasteiger partial charge in [0.25, 0.3) is 0 Å².